The number of hydrogen-bond donors (Lipinski definition) is 0. The highest BCUT2D eigenvalue weighted by atomic mass is 35.5. The Morgan fingerprint density at radius 1 is 1.11 bits per heavy atom. The summed E-state index contributed by atoms with van der Waals surface area (Å²) in [7, 11) is 0. The van der Waals surface area contributed by atoms with Gasteiger partial charge in [0.25, 0.3) is 5.56 Å². The fourth-order valence-electron chi connectivity index (χ4n) is 2.07. The topological polar surface area (TPSA) is 34.9 Å². The molecule has 0 atom stereocenters. The van der Waals surface area contributed by atoms with Crippen LogP contribution in [0.2, 0.25) is 5.02 Å². The number of fused-ring (bicyclic) bond motifs is 1. The summed E-state index contributed by atoms with van der Waals surface area (Å²) < 4.78 is 1.70. The van der Waals surface area contributed by atoms with Crippen molar-refractivity contribution in [2.75, 3.05) is 0 Å². The Kier molecular flexibility index (Phi) is 3.05. The van der Waals surface area contributed by atoms with E-state index < -0.39 is 0 Å². The van der Waals surface area contributed by atoms with E-state index in [0.29, 0.717) is 11.6 Å². The first-order valence-corrected chi connectivity index (χ1v) is 6.31. The van der Waals surface area contributed by atoms with E-state index in [1.54, 1.807) is 16.7 Å². The van der Waals surface area contributed by atoms with E-state index >= 15 is 0 Å². The molecule has 2 aromatic carbocycles. The van der Waals surface area contributed by atoms with Crippen LogP contribution in [0.25, 0.3) is 11.0 Å². The van der Waals surface area contributed by atoms with E-state index in [1.807, 2.05) is 36.4 Å². The Morgan fingerprint density at radius 2 is 1.89 bits per heavy atom. The van der Waals surface area contributed by atoms with Crippen molar-refractivity contribution in [1.29, 1.82) is 0 Å². The van der Waals surface area contributed by atoms with Crippen molar-refractivity contribution < 1.29 is 0 Å². The third-order valence-electron chi connectivity index (χ3n) is 2.99. The molecule has 3 rings (SSSR count). The van der Waals surface area contributed by atoms with Gasteiger partial charge in [0.15, 0.2) is 0 Å². The van der Waals surface area contributed by atoms with E-state index in [2.05, 4.69) is 4.98 Å². The lowest BCUT2D eigenvalue weighted by molar-refractivity contribution is 0.787. The second-order valence-electron chi connectivity index (χ2n) is 4.30. The van der Waals surface area contributed by atoms with Crippen LogP contribution in [0.5, 0.6) is 0 Å². The van der Waals surface area contributed by atoms with Crippen LogP contribution in [-0.4, -0.2) is 9.55 Å². The fraction of sp³-hybridized carbons (Fsp3) is 0.0667. The van der Waals surface area contributed by atoms with Gasteiger partial charge < -0.3 is 4.57 Å². The second kappa shape index (κ2) is 4.86. The summed E-state index contributed by atoms with van der Waals surface area (Å²) in [5.41, 5.74) is 2.48. The zero-order valence-electron chi connectivity index (χ0n) is 10.1. The largest absolute Gasteiger partial charge is 0.301 e. The number of aromatic nitrogens is 2. The maximum atomic E-state index is 12.0. The first-order valence-electron chi connectivity index (χ1n) is 5.93. The average molecular weight is 271 g/mol. The minimum atomic E-state index is -0.112. The molecule has 3 aromatic rings. The lowest BCUT2D eigenvalue weighted by Crippen LogP contribution is -2.21. The predicted octanol–water partition coefficient (Wildman–Crippen LogP) is 3.10. The van der Waals surface area contributed by atoms with Gasteiger partial charge in [0.05, 0.1) is 23.8 Å². The van der Waals surface area contributed by atoms with E-state index in [0.717, 1.165) is 16.6 Å². The molecule has 19 heavy (non-hydrogen) atoms. The monoisotopic (exact) mass is 270 g/mol. The highest BCUT2D eigenvalue weighted by Crippen LogP contribution is 2.16. The zero-order valence-corrected chi connectivity index (χ0v) is 10.8. The van der Waals surface area contributed by atoms with Gasteiger partial charge in [0, 0.05) is 5.02 Å². The summed E-state index contributed by atoms with van der Waals surface area (Å²) in [6.45, 7) is 0.528. The van der Waals surface area contributed by atoms with Gasteiger partial charge in [0.2, 0.25) is 0 Å². The second-order valence-corrected chi connectivity index (χ2v) is 4.74. The molecule has 0 amide bonds. The normalized spacial score (nSPS) is 10.8. The molecule has 4 heteroatoms. The van der Waals surface area contributed by atoms with Crippen LogP contribution in [0.1, 0.15) is 5.56 Å². The van der Waals surface area contributed by atoms with Crippen molar-refractivity contribution in [2.45, 2.75) is 6.54 Å². The van der Waals surface area contributed by atoms with E-state index in [4.69, 9.17) is 11.6 Å². The Morgan fingerprint density at radius 3 is 2.68 bits per heavy atom. The molecule has 0 unspecified atom stereocenters. The molecule has 3 nitrogen and oxygen atoms in total. The molecule has 0 N–H and O–H groups in total. The lowest BCUT2D eigenvalue weighted by Gasteiger charge is -2.09. The summed E-state index contributed by atoms with van der Waals surface area (Å²) in [5.74, 6) is 0. The van der Waals surface area contributed by atoms with Gasteiger partial charge >= 0.3 is 0 Å². The molecule has 1 heterocycles. The lowest BCUT2D eigenvalue weighted by atomic mass is 10.2. The first kappa shape index (κ1) is 11.9. The third-order valence-corrected chi connectivity index (χ3v) is 3.23. The van der Waals surface area contributed by atoms with Gasteiger partial charge in [-0.2, -0.15) is 0 Å². The van der Waals surface area contributed by atoms with Crippen LogP contribution in [0.4, 0.5) is 0 Å². The molecular formula is C15H11ClN2O. The van der Waals surface area contributed by atoms with Gasteiger partial charge in [-0.25, -0.2) is 4.98 Å². The molecular weight excluding hydrogens is 260 g/mol. The van der Waals surface area contributed by atoms with Gasteiger partial charge in [-0.05, 0) is 23.8 Å². The van der Waals surface area contributed by atoms with Crippen LogP contribution >= 0.6 is 11.6 Å². The van der Waals surface area contributed by atoms with Crippen LogP contribution in [0.3, 0.4) is 0 Å². The van der Waals surface area contributed by atoms with Gasteiger partial charge in [0.1, 0.15) is 0 Å². The summed E-state index contributed by atoms with van der Waals surface area (Å²) in [4.78, 5) is 16.1. The summed E-state index contributed by atoms with van der Waals surface area (Å²) >= 11 is 5.94. The standard InChI is InChI=1S/C15H11ClN2O/c16-12-6-7-14-13(8-12)17-9-15(19)18(14)10-11-4-2-1-3-5-11/h1-9H,10H2. The van der Waals surface area contributed by atoms with E-state index in [9.17, 15) is 4.79 Å². The van der Waals surface area contributed by atoms with Crippen molar-refractivity contribution >= 4 is 22.6 Å². The molecule has 0 bridgehead atoms. The molecule has 0 spiro atoms. The Hall–Kier alpha value is -2.13. The average Bonchev–Trinajstić information content (AvgIpc) is 2.43. The van der Waals surface area contributed by atoms with E-state index in [-0.39, 0.29) is 5.56 Å². The van der Waals surface area contributed by atoms with Crippen LogP contribution < -0.4 is 5.56 Å². The quantitative estimate of drug-likeness (QED) is 0.717. The minimum Gasteiger partial charge on any atom is -0.301 e. The number of rotatable bonds is 2. The van der Waals surface area contributed by atoms with Crippen molar-refractivity contribution in [1.82, 2.24) is 9.55 Å². The molecule has 0 radical (unpaired) electrons. The van der Waals surface area contributed by atoms with Crippen molar-refractivity contribution in [3.8, 4) is 0 Å². The van der Waals surface area contributed by atoms with Crippen molar-refractivity contribution in [3.05, 3.63) is 75.7 Å². The minimum absolute atomic E-state index is 0.112. The molecule has 0 saturated heterocycles. The summed E-state index contributed by atoms with van der Waals surface area (Å²) in [5, 5.41) is 0.616. The molecule has 0 aliphatic carbocycles. The van der Waals surface area contributed by atoms with Crippen LogP contribution in [0.15, 0.2) is 59.5 Å². The van der Waals surface area contributed by atoms with Crippen LogP contribution in [0, 0.1) is 0 Å². The zero-order chi connectivity index (χ0) is 13.2. The number of halogens is 1. The third kappa shape index (κ3) is 2.37. The van der Waals surface area contributed by atoms with Gasteiger partial charge in [-0.3, -0.25) is 4.79 Å². The smallest absolute Gasteiger partial charge is 0.269 e. The molecule has 0 saturated carbocycles. The Bertz CT molecular complexity index is 781. The summed E-state index contributed by atoms with van der Waals surface area (Å²) in [6.07, 6.45) is 1.33. The molecule has 94 valence electrons. The SMILES string of the molecule is O=c1cnc2cc(Cl)ccc2n1Cc1ccccc1. The Balaban J connectivity index is 2.17. The fourth-order valence-corrected chi connectivity index (χ4v) is 2.24. The maximum absolute atomic E-state index is 12.0. The molecule has 0 aliphatic rings. The number of nitrogens with zero attached hydrogens (tertiary/aromatic N) is 2. The van der Waals surface area contributed by atoms with Gasteiger partial charge in [-0.15, -0.1) is 0 Å². The van der Waals surface area contributed by atoms with Crippen LogP contribution in [-0.2, 0) is 6.54 Å². The van der Waals surface area contributed by atoms with Crippen molar-refractivity contribution in [3.63, 3.8) is 0 Å². The highest BCUT2D eigenvalue weighted by Gasteiger charge is 2.05. The van der Waals surface area contributed by atoms with E-state index in [1.165, 1.54) is 6.20 Å². The molecule has 1 aromatic heterocycles. The summed E-state index contributed by atoms with van der Waals surface area (Å²) in [6, 6.07) is 15.2. The molecule has 0 fully saturated rings. The maximum Gasteiger partial charge on any atom is 0.269 e. The molecule has 0 aliphatic heterocycles. The highest BCUT2D eigenvalue weighted by molar-refractivity contribution is 6.31. The predicted molar refractivity (Wildman–Crippen MR) is 76.6 cm³/mol. The number of benzene rings is 2. The Labute approximate surface area is 115 Å². The first-order chi connectivity index (χ1) is 9.24. The van der Waals surface area contributed by atoms with Gasteiger partial charge in [-0.1, -0.05) is 41.9 Å². The van der Waals surface area contributed by atoms with Crippen molar-refractivity contribution in [2.24, 2.45) is 0 Å². The number of hydrogen-bond acceptors (Lipinski definition) is 2.